The Morgan fingerprint density at radius 1 is 1.65 bits per heavy atom. The molecule has 2 heterocycles. The van der Waals surface area contributed by atoms with Gasteiger partial charge in [0.2, 0.25) is 0 Å². The van der Waals surface area contributed by atoms with Crippen molar-refractivity contribution >= 4 is 27.8 Å². The molecule has 0 aromatic carbocycles. The fraction of sp³-hybridized carbons (Fsp3) is 0.545. The third-order valence-electron chi connectivity index (χ3n) is 2.95. The summed E-state index contributed by atoms with van der Waals surface area (Å²) in [6.45, 7) is 5.23. The summed E-state index contributed by atoms with van der Waals surface area (Å²) in [7, 11) is 0. The van der Waals surface area contributed by atoms with E-state index in [9.17, 15) is 14.9 Å². The number of rotatable bonds is 3. The summed E-state index contributed by atoms with van der Waals surface area (Å²) in [5, 5.41) is 11.6. The van der Waals surface area contributed by atoms with Crippen molar-refractivity contribution in [2.75, 3.05) is 18.0 Å². The lowest BCUT2D eigenvalue weighted by atomic mass is 10.2. The number of nitro groups is 1. The molecule has 1 aliphatic heterocycles. The van der Waals surface area contributed by atoms with Gasteiger partial charge in [-0.3, -0.25) is 14.9 Å². The van der Waals surface area contributed by atoms with Gasteiger partial charge in [-0.05, 0) is 19.3 Å². The van der Waals surface area contributed by atoms with Crippen molar-refractivity contribution in [2.24, 2.45) is 5.92 Å². The van der Waals surface area contributed by atoms with Gasteiger partial charge in [0.15, 0.2) is 10.8 Å². The first-order valence-corrected chi connectivity index (χ1v) is 6.34. The van der Waals surface area contributed by atoms with Crippen LogP contribution < -0.4 is 4.90 Å². The minimum Gasteiger partial charge on any atom is -0.358 e. The second-order valence-electron chi connectivity index (χ2n) is 4.45. The zero-order valence-electron chi connectivity index (χ0n) is 9.80. The predicted molar refractivity (Wildman–Crippen MR) is 67.0 cm³/mol. The maximum absolute atomic E-state index is 11.3. The van der Waals surface area contributed by atoms with Crippen LogP contribution in [0.1, 0.15) is 29.9 Å². The molecular formula is C11H14N2O3S. The highest BCUT2D eigenvalue weighted by Gasteiger charge is 2.29. The summed E-state index contributed by atoms with van der Waals surface area (Å²) in [6, 6.07) is 1.39. The Labute approximate surface area is 103 Å². The van der Waals surface area contributed by atoms with E-state index < -0.39 is 4.92 Å². The van der Waals surface area contributed by atoms with Crippen molar-refractivity contribution in [3.05, 3.63) is 21.1 Å². The number of hydrogen-bond acceptors (Lipinski definition) is 5. The van der Waals surface area contributed by atoms with Gasteiger partial charge >= 0.3 is 5.69 Å². The molecule has 2 rings (SSSR count). The van der Waals surface area contributed by atoms with Crippen LogP contribution in [0.2, 0.25) is 0 Å². The molecule has 0 spiro atoms. The second-order valence-corrected chi connectivity index (χ2v) is 5.48. The first-order chi connectivity index (χ1) is 7.99. The van der Waals surface area contributed by atoms with Crippen LogP contribution in [0.15, 0.2) is 6.07 Å². The van der Waals surface area contributed by atoms with Crippen LogP contribution in [-0.4, -0.2) is 23.8 Å². The van der Waals surface area contributed by atoms with E-state index in [0.717, 1.165) is 19.5 Å². The number of thiophene rings is 1. The highest BCUT2D eigenvalue weighted by Crippen LogP contribution is 2.40. The minimum atomic E-state index is -0.402. The number of carbonyl (C=O) groups is 1. The lowest BCUT2D eigenvalue weighted by Crippen LogP contribution is -2.18. The summed E-state index contributed by atoms with van der Waals surface area (Å²) in [6.07, 6.45) is 1.05. The van der Waals surface area contributed by atoms with Crippen molar-refractivity contribution in [2.45, 2.75) is 20.3 Å². The molecule has 1 aliphatic rings. The molecule has 1 saturated heterocycles. The fourth-order valence-corrected chi connectivity index (χ4v) is 3.08. The van der Waals surface area contributed by atoms with Crippen LogP contribution in [0.4, 0.5) is 10.7 Å². The average molecular weight is 254 g/mol. The van der Waals surface area contributed by atoms with E-state index >= 15 is 0 Å². The molecule has 0 radical (unpaired) electrons. The lowest BCUT2D eigenvalue weighted by molar-refractivity contribution is -0.383. The SMILES string of the molecule is CC(=O)c1cc([N+](=O)[O-])c(N2CCC(C)C2)s1. The van der Waals surface area contributed by atoms with Gasteiger partial charge in [-0.25, -0.2) is 0 Å². The highest BCUT2D eigenvalue weighted by atomic mass is 32.1. The molecule has 92 valence electrons. The largest absolute Gasteiger partial charge is 0.358 e. The van der Waals surface area contributed by atoms with Crippen molar-refractivity contribution in [1.29, 1.82) is 0 Å². The Bertz CT molecular complexity index is 469. The second kappa shape index (κ2) is 4.44. The van der Waals surface area contributed by atoms with Crippen LogP contribution in [0.3, 0.4) is 0 Å². The number of carbonyl (C=O) groups excluding carboxylic acids is 1. The molecule has 0 aliphatic carbocycles. The quantitative estimate of drug-likeness (QED) is 0.472. The number of anilines is 1. The van der Waals surface area contributed by atoms with E-state index in [1.165, 1.54) is 24.3 Å². The van der Waals surface area contributed by atoms with Crippen LogP contribution in [-0.2, 0) is 0 Å². The van der Waals surface area contributed by atoms with E-state index in [1.807, 2.05) is 4.90 Å². The molecule has 1 fully saturated rings. The molecule has 1 unspecified atom stereocenters. The van der Waals surface area contributed by atoms with Gasteiger partial charge in [0.1, 0.15) is 0 Å². The Hall–Kier alpha value is -1.43. The number of hydrogen-bond donors (Lipinski definition) is 0. The average Bonchev–Trinajstić information content (AvgIpc) is 2.82. The molecule has 1 aromatic rings. The van der Waals surface area contributed by atoms with Gasteiger partial charge in [0.25, 0.3) is 0 Å². The van der Waals surface area contributed by atoms with Gasteiger partial charge in [-0.1, -0.05) is 6.92 Å². The Balaban J connectivity index is 2.37. The molecule has 5 nitrogen and oxygen atoms in total. The maximum Gasteiger partial charge on any atom is 0.304 e. The summed E-state index contributed by atoms with van der Waals surface area (Å²) >= 11 is 1.23. The lowest BCUT2D eigenvalue weighted by Gasteiger charge is -2.14. The van der Waals surface area contributed by atoms with E-state index in [4.69, 9.17) is 0 Å². The van der Waals surface area contributed by atoms with Crippen molar-refractivity contribution < 1.29 is 9.72 Å². The Morgan fingerprint density at radius 2 is 2.35 bits per heavy atom. The zero-order valence-corrected chi connectivity index (χ0v) is 10.6. The van der Waals surface area contributed by atoms with Crippen LogP contribution in [0, 0.1) is 16.0 Å². The van der Waals surface area contributed by atoms with Gasteiger partial charge in [-0.15, -0.1) is 11.3 Å². The van der Waals surface area contributed by atoms with Gasteiger partial charge in [0, 0.05) is 19.2 Å². The molecule has 0 amide bonds. The molecule has 17 heavy (non-hydrogen) atoms. The monoisotopic (exact) mass is 254 g/mol. The van der Waals surface area contributed by atoms with E-state index in [0.29, 0.717) is 15.8 Å². The molecule has 1 aromatic heterocycles. The molecule has 0 saturated carbocycles. The molecule has 6 heteroatoms. The van der Waals surface area contributed by atoms with Crippen LogP contribution in [0.25, 0.3) is 0 Å². The first-order valence-electron chi connectivity index (χ1n) is 5.53. The van der Waals surface area contributed by atoms with E-state index in [-0.39, 0.29) is 11.5 Å². The summed E-state index contributed by atoms with van der Waals surface area (Å²) in [4.78, 5) is 24.3. The molecule has 0 bridgehead atoms. The first kappa shape index (κ1) is 12.0. The maximum atomic E-state index is 11.3. The number of nitrogens with zero attached hydrogens (tertiary/aromatic N) is 2. The topological polar surface area (TPSA) is 63.4 Å². The van der Waals surface area contributed by atoms with E-state index in [2.05, 4.69) is 6.92 Å². The molecular weight excluding hydrogens is 240 g/mol. The Morgan fingerprint density at radius 3 is 2.82 bits per heavy atom. The standard InChI is InChI=1S/C11H14N2O3S/c1-7-3-4-12(6-7)11-9(13(15)16)5-10(17-11)8(2)14/h5,7H,3-4,6H2,1-2H3. The molecule has 0 N–H and O–H groups in total. The van der Waals surface area contributed by atoms with Crippen molar-refractivity contribution in [1.82, 2.24) is 0 Å². The normalized spacial score (nSPS) is 19.6. The van der Waals surface area contributed by atoms with Crippen molar-refractivity contribution in [3.63, 3.8) is 0 Å². The van der Waals surface area contributed by atoms with Crippen LogP contribution >= 0.6 is 11.3 Å². The zero-order chi connectivity index (χ0) is 12.6. The fourth-order valence-electron chi connectivity index (χ4n) is 2.02. The summed E-state index contributed by atoms with van der Waals surface area (Å²) in [5.74, 6) is 0.439. The van der Waals surface area contributed by atoms with Gasteiger partial charge in [0.05, 0.1) is 9.80 Å². The minimum absolute atomic E-state index is 0.0642. The van der Waals surface area contributed by atoms with Gasteiger partial charge < -0.3 is 4.90 Å². The third kappa shape index (κ3) is 2.31. The smallest absolute Gasteiger partial charge is 0.304 e. The number of Topliss-reactive ketones (excluding diaryl/α,β-unsaturated/α-hetero) is 1. The summed E-state index contributed by atoms with van der Waals surface area (Å²) < 4.78 is 0. The van der Waals surface area contributed by atoms with Gasteiger partial charge in [-0.2, -0.15) is 0 Å². The highest BCUT2D eigenvalue weighted by molar-refractivity contribution is 7.18. The number of ketones is 1. The van der Waals surface area contributed by atoms with E-state index in [1.54, 1.807) is 0 Å². The van der Waals surface area contributed by atoms with Crippen LogP contribution in [0.5, 0.6) is 0 Å². The van der Waals surface area contributed by atoms with Crippen molar-refractivity contribution in [3.8, 4) is 0 Å². The summed E-state index contributed by atoms with van der Waals surface area (Å²) in [5.41, 5.74) is 0.0642. The predicted octanol–water partition coefficient (Wildman–Crippen LogP) is 2.71. The third-order valence-corrected chi connectivity index (χ3v) is 4.23. The Kier molecular flexibility index (Phi) is 3.15. The molecule has 1 atom stereocenters.